The second kappa shape index (κ2) is 9.35. The van der Waals surface area contributed by atoms with Gasteiger partial charge in [0.15, 0.2) is 0 Å². The lowest BCUT2D eigenvalue weighted by Gasteiger charge is -2.36. The van der Waals surface area contributed by atoms with Crippen LogP contribution >= 0.6 is 24.0 Å². The molecule has 2 aliphatic rings. The molecule has 170 valence electrons. The molecular formula is C24H30N4O2S2. The molecule has 0 saturated carbocycles. The zero-order valence-electron chi connectivity index (χ0n) is 19.1. The van der Waals surface area contributed by atoms with Crippen LogP contribution in [0, 0.1) is 18.8 Å². The van der Waals surface area contributed by atoms with Crippen LogP contribution in [0.1, 0.15) is 51.2 Å². The first-order chi connectivity index (χ1) is 15.3. The summed E-state index contributed by atoms with van der Waals surface area (Å²) in [6.07, 6.45) is 6.50. The van der Waals surface area contributed by atoms with E-state index in [9.17, 15) is 9.59 Å². The van der Waals surface area contributed by atoms with Crippen LogP contribution in [0.25, 0.3) is 11.7 Å². The average molecular weight is 471 g/mol. The number of thioether (sulfide) groups is 1. The van der Waals surface area contributed by atoms with E-state index in [2.05, 4.69) is 25.7 Å². The van der Waals surface area contributed by atoms with Crippen molar-refractivity contribution in [3.8, 4) is 0 Å². The van der Waals surface area contributed by atoms with Gasteiger partial charge in [0.05, 0.1) is 10.5 Å². The molecule has 6 nitrogen and oxygen atoms in total. The van der Waals surface area contributed by atoms with Crippen LogP contribution in [0.3, 0.4) is 0 Å². The number of carbonyl (C=O) groups is 1. The van der Waals surface area contributed by atoms with E-state index in [1.165, 1.54) is 11.8 Å². The number of amides is 1. The van der Waals surface area contributed by atoms with E-state index in [0.29, 0.717) is 44.6 Å². The lowest BCUT2D eigenvalue weighted by atomic mass is 9.91. The Morgan fingerprint density at radius 3 is 2.66 bits per heavy atom. The number of carbonyl (C=O) groups excluding carboxylic acids is 1. The first-order valence-corrected chi connectivity index (χ1v) is 12.5. The first kappa shape index (κ1) is 23.0. The van der Waals surface area contributed by atoms with Crippen molar-refractivity contribution in [2.45, 2.75) is 47.0 Å². The minimum atomic E-state index is -0.154. The quantitative estimate of drug-likeness (QED) is 0.474. The summed E-state index contributed by atoms with van der Waals surface area (Å²) in [5.41, 5.74) is 1.91. The van der Waals surface area contributed by atoms with E-state index in [-0.39, 0.29) is 11.5 Å². The Morgan fingerprint density at radius 2 is 1.97 bits per heavy atom. The van der Waals surface area contributed by atoms with Gasteiger partial charge in [0.25, 0.3) is 11.5 Å². The third kappa shape index (κ3) is 4.35. The van der Waals surface area contributed by atoms with Gasteiger partial charge in [0, 0.05) is 25.8 Å². The predicted octanol–water partition coefficient (Wildman–Crippen LogP) is 4.49. The molecule has 32 heavy (non-hydrogen) atoms. The van der Waals surface area contributed by atoms with E-state index in [4.69, 9.17) is 17.2 Å². The van der Waals surface area contributed by atoms with Crippen molar-refractivity contribution in [1.29, 1.82) is 0 Å². The SMILES string of the molecule is CCCCN1C(=O)/C(=C/c2c(N3C[C@H](C)C[C@H](C)C3)nc3c(C)cccn3c2=O)SC1=S. The lowest BCUT2D eigenvalue weighted by molar-refractivity contribution is -0.122. The van der Waals surface area contributed by atoms with Gasteiger partial charge in [-0.1, -0.05) is 57.2 Å². The first-order valence-electron chi connectivity index (χ1n) is 11.3. The van der Waals surface area contributed by atoms with Crippen molar-refractivity contribution in [3.05, 3.63) is 44.7 Å². The van der Waals surface area contributed by atoms with Crippen LogP contribution < -0.4 is 10.5 Å². The van der Waals surface area contributed by atoms with Crippen molar-refractivity contribution >= 4 is 51.7 Å². The standard InChI is InChI=1S/C24H30N4O2S2/c1-5-6-9-28-23(30)19(32-24(28)31)12-18-21(26-13-15(2)11-16(3)14-26)25-20-17(4)8-7-10-27(20)22(18)29/h7-8,10,12,15-16H,5-6,9,11,13-14H2,1-4H3/b19-12-/t15-,16+. The van der Waals surface area contributed by atoms with Gasteiger partial charge in [-0.3, -0.25) is 18.9 Å². The minimum absolute atomic E-state index is 0.117. The summed E-state index contributed by atoms with van der Waals surface area (Å²) in [4.78, 5) is 36.0. The zero-order valence-corrected chi connectivity index (χ0v) is 20.8. The highest BCUT2D eigenvalue weighted by molar-refractivity contribution is 8.26. The van der Waals surface area contributed by atoms with Gasteiger partial charge >= 0.3 is 0 Å². The molecule has 2 atom stereocenters. The highest BCUT2D eigenvalue weighted by Crippen LogP contribution is 2.34. The number of piperidine rings is 1. The molecule has 0 spiro atoms. The van der Waals surface area contributed by atoms with Crippen LogP contribution in [0.15, 0.2) is 28.0 Å². The summed E-state index contributed by atoms with van der Waals surface area (Å²) in [5, 5.41) is 0. The summed E-state index contributed by atoms with van der Waals surface area (Å²) in [6, 6.07) is 3.82. The summed E-state index contributed by atoms with van der Waals surface area (Å²) >= 11 is 6.73. The van der Waals surface area contributed by atoms with Crippen LogP contribution in [0.5, 0.6) is 0 Å². The fourth-order valence-electron chi connectivity index (χ4n) is 4.64. The van der Waals surface area contributed by atoms with Crippen molar-refractivity contribution in [2.24, 2.45) is 11.8 Å². The number of aryl methyl sites for hydroxylation is 1. The molecule has 8 heteroatoms. The number of thiocarbonyl (C=S) groups is 1. The number of nitrogens with zero attached hydrogens (tertiary/aromatic N) is 4. The van der Waals surface area contributed by atoms with E-state index >= 15 is 0 Å². The number of hydrogen-bond acceptors (Lipinski definition) is 6. The third-order valence-electron chi connectivity index (χ3n) is 6.12. The maximum Gasteiger partial charge on any atom is 0.267 e. The second-order valence-corrected chi connectivity index (χ2v) is 10.8. The van der Waals surface area contributed by atoms with Crippen LogP contribution in [-0.4, -0.2) is 44.1 Å². The molecule has 0 N–H and O–H groups in total. The Labute approximate surface area is 198 Å². The number of anilines is 1. The third-order valence-corrected chi connectivity index (χ3v) is 7.49. The monoisotopic (exact) mass is 470 g/mol. The number of rotatable bonds is 5. The average Bonchev–Trinajstić information content (AvgIpc) is 3.00. The molecule has 0 aliphatic carbocycles. The summed E-state index contributed by atoms with van der Waals surface area (Å²) in [7, 11) is 0. The van der Waals surface area contributed by atoms with Crippen molar-refractivity contribution < 1.29 is 4.79 Å². The molecule has 0 bridgehead atoms. The molecule has 2 aromatic rings. The van der Waals surface area contributed by atoms with Gasteiger partial charge in [-0.2, -0.15) is 0 Å². The smallest absolute Gasteiger partial charge is 0.267 e. The summed E-state index contributed by atoms with van der Waals surface area (Å²) < 4.78 is 2.14. The van der Waals surface area contributed by atoms with Crippen molar-refractivity contribution in [1.82, 2.24) is 14.3 Å². The zero-order chi connectivity index (χ0) is 23.0. The molecule has 4 heterocycles. The lowest BCUT2D eigenvalue weighted by Crippen LogP contribution is -2.40. The van der Waals surface area contributed by atoms with Gasteiger partial charge in [0.2, 0.25) is 0 Å². The molecule has 1 amide bonds. The fourth-order valence-corrected chi connectivity index (χ4v) is 5.93. The molecule has 2 aromatic heterocycles. The number of unbranched alkanes of at least 4 members (excludes halogenated alkanes) is 1. The fraction of sp³-hybridized carbons (Fsp3) is 0.500. The van der Waals surface area contributed by atoms with E-state index < -0.39 is 0 Å². The topological polar surface area (TPSA) is 57.9 Å². The summed E-state index contributed by atoms with van der Waals surface area (Å²) in [5.74, 6) is 1.57. The van der Waals surface area contributed by atoms with Crippen LogP contribution in [0.2, 0.25) is 0 Å². The largest absolute Gasteiger partial charge is 0.355 e. The maximum absolute atomic E-state index is 13.6. The number of pyridine rings is 1. The van der Waals surface area contributed by atoms with E-state index in [1.54, 1.807) is 21.6 Å². The molecule has 4 rings (SSSR count). The van der Waals surface area contributed by atoms with E-state index in [1.807, 2.05) is 19.1 Å². The van der Waals surface area contributed by atoms with Crippen molar-refractivity contribution in [3.63, 3.8) is 0 Å². The van der Waals surface area contributed by atoms with Crippen LogP contribution in [0.4, 0.5) is 5.82 Å². The molecule has 2 aliphatic heterocycles. The maximum atomic E-state index is 13.6. The van der Waals surface area contributed by atoms with Crippen LogP contribution in [-0.2, 0) is 4.79 Å². The van der Waals surface area contributed by atoms with Gasteiger partial charge in [-0.05, 0) is 49.3 Å². The molecule has 2 fully saturated rings. The highest BCUT2D eigenvalue weighted by atomic mass is 32.2. The van der Waals surface area contributed by atoms with Gasteiger partial charge in [-0.25, -0.2) is 4.98 Å². The molecule has 0 radical (unpaired) electrons. The predicted molar refractivity (Wildman–Crippen MR) is 136 cm³/mol. The molecule has 0 unspecified atom stereocenters. The normalized spacial score (nSPS) is 23.1. The number of hydrogen-bond donors (Lipinski definition) is 0. The Morgan fingerprint density at radius 1 is 1.25 bits per heavy atom. The molecule has 2 saturated heterocycles. The Kier molecular flexibility index (Phi) is 6.72. The Hall–Kier alpha value is -2.19. The van der Waals surface area contributed by atoms with Gasteiger partial charge in [-0.15, -0.1) is 0 Å². The highest BCUT2D eigenvalue weighted by Gasteiger charge is 2.33. The van der Waals surface area contributed by atoms with Gasteiger partial charge in [0.1, 0.15) is 15.8 Å². The molecular weight excluding hydrogens is 440 g/mol. The number of aromatic nitrogens is 2. The van der Waals surface area contributed by atoms with Gasteiger partial charge < -0.3 is 4.90 Å². The van der Waals surface area contributed by atoms with Crippen molar-refractivity contribution in [2.75, 3.05) is 24.5 Å². The Bertz CT molecular complexity index is 1150. The summed E-state index contributed by atoms with van der Waals surface area (Å²) in [6.45, 7) is 10.8. The van der Waals surface area contributed by atoms with E-state index in [0.717, 1.165) is 37.9 Å². The second-order valence-electron chi connectivity index (χ2n) is 9.08. The number of fused-ring (bicyclic) bond motifs is 1. The Balaban J connectivity index is 1.85. The molecule has 0 aromatic carbocycles. The minimum Gasteiger partial charge on any atom is -0.355 e.